The smallest absolute Gasteiger partial charge is 0.123 e. The fraction of sp³-hybridized carbons (Fsp3) is 0.571. The minimum atomic E-state index is -0.171. The average Bonchev–Trinajstić information content (AvgIpc) is 2.59. The second kappa shape index (κ2) is 4.65. The lowest BCUT2D eigenvalue weighted by Crippen LogP contribution is -2.24. The van der Waals surface area contributed by atoms with E-state index in [-0.39, 0.29) is 5.82 Å². The summed E-state index contributed by atoms with van der Waals surface area (Å²) in [6, 6.07) is 5.05. The molecule has 2 N–H and O–H groups in total. The highest BCUT2D eigenvalue weighted by molar-refractivity contribution is 5.55. The molecule has 0 unspecified atom stereocenters. The molecule has 1 aliphatic rings. The van der Waals surface area contributed by atoms with E-state index in [0.29, 0.717) is 12.0 Å². The summed E-state index contributed by atoms with van der Waals surface area (Å²) in [6.45, 7) is 7.21. The number of hydrogen-bond donors (Lipinski definition) is 1. The summed E-state index contributed by atoms with van der Waals surface area (Å²) < 4.78 is 13.3. The van der Waals surface area contributed by atoms with Crippen LogP contribution in [-0.2, 0) is 6.42 Å². The molecular weight excluding hydrogens is 215 g/mol. The maximum atomic E-state index is 13.3. The Bertz CT molecular complexity index is 401. The molecule has 0 amide bonds. The lowest BCUT2D eigenvalue weighted by Gasteiger charge is -2.24. The maximum absolute atomic E-state index is 13.3. The Hall–Kier alpha value is -1.09. The van der Waals surface area contributed by atoms with Gasteiger partial charge in [-0.2, -0.15) is 0 Å². The largest absolute Gasteiger partial charge is 0.371 e. The number of hydrogen-bond acceptors (Lipinski definition) is 2. The van der Waals surface area contributed by atoms with Crippen molar-refractivity contribution in [1.29, 1.82) is 0 Å². The summed E-state index contributed by atoms with van der Waals surface area (Å²) in [7, 11) is 0. The molecule has 0 bridgehead atoms. The Kier molecular flexibility index (Phi) is 3.38. The highest BCUT2D eigenvalue weighted by atomic mass is 19.1. The van der Waals surface area contributed by atoms with Crippen molar-refractivity contribution in [1.82, 2.24) is 0 Å². The summed E-state index contributed by atoms with van der Waals surface area (Å²) in [5, 5.41) is 0. The van der Waals surface area contributed by atoms with Crippen LogP contribution in [0.15, 0.2) is 18.2 Å². The van der Waals surface area contributed by atoms with E-state index >= 15 is 0 Å². The van der Waals surface area contributed by atoms with Gasteiger partial charge in [-0.3, -0.25) is 0 Å². The second-order valence-corrected chi connectivity index (χ2v) is 5.65. The Morgan fingerprint density at radius 1 is 1.41 bits per heavy atom. The van der Waals surface area contributed by atoms with Gasteiger partial charge in [0.2, 0.25) is 0 Å². The molecule has 1 aromatic rings. The molecule has 2 nitrogen and oxygen atoms in total. The highest BCUT2D eigenvalue weighted by Crippen LogP contribution is 2.34. The third kappa shape index (κ3) is 2.78. The number of rotatable bonds is 3. The lowest BCUT2D eigenvalue weighted by atomic mass is 9.93. The zero-order valence-electron chi connectivity index (χ0n) is 10.7. The fourth-order valence-electron chi connectivity index (χ4n) is 2.54. The van der Waals surface area contributed by atoms with Crippen LogP contribution in [0, 0.1) is 11.2 Å². The monoisotopic (exact) mass is 236 g/mol. The SMILES string of the molecule is CC1(C)CCN(c2ccc(F)cc2CCN)C1. The zero-order chi connectivity index (χ0) is 12.5. The minimum absolute atomic E-state index is 0.171. The van der Waals surface area contributed by atoms with Crippen LogP contribution in [-0.4, -0.2) is 19.6 Å². The summed E-state index contributed by atoms with van der Waals surface area (Å²) in [5.41, 5.74) is 8.13. The van der Waals surface area contributed by atoms with Gasteiger partial charge in [0.25, 0.3) is 0 Å². The van der Waals surface area contributed by atoms with E-state index in [9.17, 15) is 4.39 Å². The highest BCUT2D eigenvalue weighted by Gasteiger charge is 2.30. The van der Waals surface area contributed by atoms with Gasteiger partial charge in [-0.25, -0.2) is 4.39 Å². The Morgan fingerprint density at radius 2 is 2.18 bits per heavy atom. The topological polar surface area (TPSA) is 29.3 Å². The Labute approximate surface area is 103 Å². The Balaban J connectivity index is 2.26. The van der Waals surface area contributed by atoms with E-state index in [2.05, 4.69) is 18.7 Å². The van der Waals surface area contributed by atoms with Crippen LogP contribution in [0.5, 0.6) is 0 Å². The summed E-state index contributed by atoms with van der Waals surface area (Å²) in [6.07, 6.45) is 1.93. The van der Waals surface area contributed by atoms with Crippen LogP contribution in [0.25, 0.3) is 0 Å². The molecule has 17 heavy (non-hydrogen) atoms. The molecule has 94 valence electrons. The van der Waals surface area contributed by atoms with E-state index in [1.54, 1.807) is 12.1 Å². The van der Waals surface area contributed by atoms with E-state index in [0.717, 1.165) is 30.8 Å². The van der Waals surface area contributed by atoms with E-state index in [1.165, 1.54) is 6.42 Å². The number of anilines is 1. The van der Waals surface area contributed by atoms with Gasteiger partial charge in [0.05, 0.1) is 0 Å². The molecule has 3 heteroatoms. The second-order valence-electron chi connectivity index (χ2n) is 5.65. The first-order valence-electron chi connectivity index (χ1n) is 6.25. The molecule has 0 aliphatic carbocycles. The van der Waals surface area contributed by atoms with Crippen molar-refractivity contribution in [3.05, 3.63) is 29.6 Å². The standard InChI is InChI=1S/C14H21FN2/c1-14(2)6-8-17(10-14)13-4-3-12(15)9-11(13)5-7-16/h3-4,9H,5-8,10,16H2,1-2H3. The third-order valence-corrected chi connectivity index (χ3v) is 3.47. The average molecular weight is 236 g/mol. The first-order valence-corrected chi connectivity index (χ1v) is 6.25. The lowest BCUT2D eigenvalue weighted by molar-refractivity contribution is 0.418. The van der Waals surface area contributed by atoms with Gasteiger partial charge in [0.15, 0.2) is 0 Å². The van der Waals surface area contributed by atoms with Crippen LogP contribution in [0.3, 0.4) is 0 Å². The van der Waals surface area contributed by atoms with Crippen molar-refractivity contribution in [2.24, 2.45) is 11.1 Å². The van der Waals surface area contributed by atoms with Gasteiger partial charge < -0.3 is 10.6 Å². The molecule has 2 rings (SSSR count). The molecule has 1 aliphatic heterocycles. The number of nitrogens with two attached hydrogens (primary N) is 1. The molecule has 0 radical (unpaired) electrons. The molecule has 1 fully saturated rings. The summed E-state index contributed by atoms with van der Waals surface area (Å²) in [4.78, 5) is 2.35. The minimum Gasteiger partial charge on any atom is -0.371 e. The number of benzene rings is 1. The van der Waals surface area contributed by atoms with Gasteiger partial charge in [-0.05, 0) is 48.6 Å². The number of halogens is 1. The van der Waals surface area contributed by atoms with Gasteiger partial charge in [0.1, 0.15) is 5.82 Å². The zero-order valence-corrected chi connectivity index (χ0v) is 10.7. The molecule has 0 saturated carbocycles. The molecule has 1 heterocycles. The van der Waals surface area contributed by atoms with Gasteiger partial charge in [-0.1, -0.05) is 13.8 Å². The first kappa shape index (κ1) is 12.4. The van der Waals surface area contributed by atoms with Crippen molar-refractivity contribution >= 4 is 5.69 Å². The third-order valence-electron chi connectivity index (χ3n) is 3.47. The molecule has 0 spiro atoms. The van der Waals surface area contributed by atoms with Crippen LogP contribution in [0.2, 0.25) is 0 Å². The molecule has 1 saturated heterocycles. The molecule has 0 atom stereocenters. The van der Waals surface area contributed by atoms with Crippen LogP contribution in [0.1, 0.15) is 25.8 Å². The van der Waals surface area contributed by atoms with Crippen LogP contribution in [0.4, 0.5) is 10.1 Å². The maximum Gasteiger partial charge on any atom is 0.123 e. The van der Waals surface area contributed by atoms with E-state index in [1.807, 2.05) is 6.07 Å². The fourth-order valence-corrected chi connectivity index (χ4v) is 2.54. The van der Waals surface area contributed by atoms with Crippen molar-refractivity contribution in [2.75, 3.05) is 24.5 Å². The predicted octanol–water partition coefficient (Wildman–Crippen LogP) is 2.56. The predicted molar refractivity (Wildman–Crippen MR) is 69.8 cm³/mol. The summed E-state index contributed by atoms with van der Waals surface area (Å²) in [5.74, 6) is -0.171. The van der Waals surface area contributed by atoms with Crippen molar-refractivity contribution in [3.8, 4) is 0 Å². The summed E-state index contributed by atoms with van der Waals surface area (Å²) >= 11 is 0. The molecule has 1 aromatic carbocycles. The quantitative estimate of drug-likeness (QED) is 0.874. The van der Waals surface area contributed by atoms with E-state index < -0.39 is 0 Å². The van der Waals surface area contributed by atoms with E-state index in [4.69, 9.17) is 5.73 Å². The normalized spacial score (nSPS) is 18.7. The number of nitrogens with zero attached hydrogens (tertiary/aromatic N) is 1. The van der Waals surface area contributed by atoms with Crippen molar-refractivity contribution < 1.29 is 4.39 Å². The van der Waals surface area contributed by atoms with Crippen LogP contribution >= 0.6 is 0 Å². The van der Waals surface area contributed by atoms with Crippen molar-refractivity contribution in [3.63, 3.8) is 0 Å². The first-order chi connectivity index (χ1) is 8.02. The van der Waals surface area contributed by atoms with Crippen molar-refractivity contribution in [2.45, 2.75) is 26.7 Å². The van der Waals surface area contributed by atoms with Crippen LogP contribution < -0.4 is 10.6 Å². The van der Waals surface area contributed by atoms with Gasteiger partial charge in [0, 0.05) is 18.8 Å². The van der Waals surface area contributed by atoms with Gasteiger partial charge in [-0.15, -0.1) is 0 Å². The molecular formula is C14H21FN2. The molecule has 0 aromatic heterocycles. The van der Waals surface area contributed by atoms with Gasteiger partial charge >= 0.3 is 0 Å². The Morgan fingerprint density at radius 3 is 2.76 bits per heavy atom.